The number of aliphatic hydroxyl groups excluding tert-OH is 1. The molecule has 3 aromatic heterocycles. The molecule has 8 nitrogen and oxygen atoms in total. The topological polar surface area (TPSA) is 101 Å². The van der Waals surface area contributed by atoms with Crippen LogP contribution in [0.15, 0.2) is 82.8 Å². The number of aliphatic hydroxyl groups is 1. The standard InChI is InChI=1S/C29H22FN5O3S2/c1-16-7-6-14-34-17(2)22(31-26(16)34)24(36)21-23(19-8-4-3-5-9-19)35(27(38)25(21)37)28-32-33-29(40-28)39-15-18-10-12-20(30)13-11-18/h3-14,23,36H,15H2,1-2H3/b24-21+. The number of benzene rings is 2. The number of hydrogen-bond donors (Lipinski definition) is 1. The Morgan fingerprint density at radius 2 is 1.77 bits per heavy atom. The van der Waals surface area contributed by atoms with Gasteiger partial charge < -0.3 is 9.51 Å². The SMILES string of the molecule is Cc1cccn2c(C)c(/C(O)=C3\C(=O)C(=O)N(c4nnc(SCc5ccc(F)cc5)s4)C3c3ccccc3)nc12. The molecular formula is C29H22FN5O3S2. The molecule has 1 amide bonds. The molecule has 6 rings (SSSR count). The van der Waals surface area contributed by atoms with E-state index in [1.54, 1.807) is 43.3 Å². The van der Waals surface area contributed by atoms with Crippen molar-refractivity contribution in [2.24, 2.45) is 0 Å². The number of nitrogens with zero attached hydrogens (tertiary/aromatic N) is 5. The highest BCUT2D eigenvalue weighted by Gasteiger charge is 2.48. The number of carbonyl (C=O) groups excluding carboxylic acids is 2. The largest absolute Gasteiger partial charge is 0.505 e. The highest BCUT2D eigenvalue weighted by atomic mass is 32.2. The highest BCUT2D eigenvalue weighted by molar-refractivity contribution is 8.00. The Kier molecular flexibility index (Phi) is 6.68. The van der Waals surface area contributed by atoms with Gasteiger partial charge in [-0.1, -0.05) is 71.6 Å². The fourth-order valence-electron chi connectivity index (χ4n) is 4.74. The molecule has 1 saturated heterocycles. The van der Waals surface area contributed by atoms with E-state index < -0.39 is 17.7 Å². The first kappa shape index (κ1) is 25.9. The molecule has 1 atom stereocenters. The van der Waals surface area contributed by atoms with E-state index in [1.165, 1.54) is 40.1 Å². The Morgan fingerprint density at radius 3 is 2.50 bits per heavy atom. The lowest BCUT2D eigenvalue weighted by molar-refractivity contribution is -0.132. The van der Waals surface area contributed by atoms with Crippen LogP contribution in [0.1, 0.15) is 34.1 Å². The first-order valence-corrected chi connectivity index (χ1v) is 14.1. The molecule has 1 aliphatic rings. The van der Waals surface area contributed by atoms with Crippen LogP contribution in [0.5, 0.6) is 0 Å². The maximum atomic E-state index is 13.5. The van der Waals surface area contributed by atoms with E-state index in [4.69, 9.17) is 0 Å². The van der Waals surface area contributed by atoms with Gasteiger partial charge >= 0.3 is 5.91 Å². The molecule has 1 N–H and O–H groups in total. The second-order valence-corrected chi connectivity index (χ2v) is 11.5. The number of aryl methyl sites for hydroxylation is 2. The van der Waals surface area contributed by atoms with Gasteiger partial charge in [0.2, 0.25) is 5.13 Å². The Hall–Kier alpha value is -4.35. The molecule has 5 aromatic rings. The zero-order valence-corrected chi connectivity index (χ0v) is 23.0. The third kappa shape index (κ3) is 4.46. The molecule has 11 heteroatoms. The number of carbonyl (C=O) groups is 2. The number of imidazole rings is 1. The summed E-state index contributed by atoms with van der Waals surface area (Å²) in [5, 5.41) is 20.2. The van der Waals surface area contributed by atoms with Crippen molar-refractivity contribution in [1.82, 2.24) is 19.6 Å². The Labute approximate surface area is 236 Å². The van der Waals surface area contributed by atoms with Gasteiger partial charge in [-0.05, 0) is 48.7 Å². The second-order valence-electron chi connectivity index (χ2n) is 9.28. The molecule has 0 radical (unpaired) electrons. The molecule has 1 unspecified atom stereocenters. The average Bonchev–Trinajstić information content (AvgIpc) is 3.64. The number of amides is 1. The first-order chi connectivity index (χ1) is 19.3. The monoisotopic (exact) mass is 571 g/mol. The van der Waals surface area contributed by atoms with Crippen molar-refractivity contribution in [3.8, 4) is 0 Å². The number of anilines is 1. The molecule has 4 heterocycles. The Balaban J connectivity index is 1.41. The number of fused-ring (bicyclic) bond motifs is 1. The summed E-state index contributed by atoms with van der Waals surface area (Å²) in [5.41, 5.74) is 3.92. The normalized spacial score (nSPS) is 16.8. The number of Topliss-reactive ketones (excluding diaryl/α,β-unsaturated/α-hetero) is 1. The number of aromatic nitrogens is 4. The summed E-state index contributed by atoms with van der Waals surface area (Å²) in [4.78, 5) is 32.9. The summed E-state index contributed by atoms with van der Waals surface area (Å²) in [7, 11) is 0. The van der Waals surface area contributed by atoms with Crippen LogP contribution in [-0.2, 0) is 15.3 Å². The van der Waals surface area contributed by atoms with Crippen molar-refractivity contribution in [1.29, 1.82) is 0 Å². The number of halogens is 1. The Bertz CT molecular complexity index is 1800. The van der Waals surface area contributed by atoms with Crippen LogP contribution in [0.3, 0.4) is 0 Å². The zero-order chi connectivity index (χ0) is 28.0. The van der Waals surface area contributed by atoms with Crippen LogP contribution in [0.2, 0.25) is 0 Å². The predicted molar refractivity (Wildman–Crippen MR) is 152 cm³/mol. The minimum absolute atomic E-state index is 0.0592. The van der Waals surface area contributed by atoms with Crippen LogP contribution in [-0.4, -0.2) is 36.4 Å². The molecule has 40 heavy (non-hydrogen) atoms. The lowest BCUT2D eigenvalue weighted by Crippen LogP contribution is -2.29. The third-order valence-electron chi connectivity index (χ3n) is 6.75. The summed E-state index contributed by atoms with van der Waals surface area (Å²) in [6.07, 6.45) is 1.83. The summed E-state index contributed by atoms with van der Waals surface area (Å²) in [6.45, 7) is 3.72. The second kappa shape index (κ2) is 10.3. The number of thioether (sulfide) groups is 1. The number of rotatable bonds is 6. The minimum atomic E-state index is -0.922. The van der Waals surface area contributed by atoms with E-state index in [-0.39, 0.29) is 28.0 Å². The molecule has 0 aliphatic carbocycles. The van der Waals surface area contributed by atoms with E-state index >= 15 is 0 Å². The maximum absolute atomic E-state index is 13.5. The van der Waals surface area contributed by atoms with Gasteiger partial charge in [0.05, 0.1) is 17.3 Å². The first-order valence-electron chi connectivity index (χ1n) is 12.3. The van der Waals surface area contributed by atoms with Crippen LogP contribution in [0.4, 0.5) is 9.52 Å². The molecule has 1 aliphatic heterocycles. The van der Waals surface area contributed by atoms with Crippen LogP contribution in [0.25, 0.3) is 11.4 Å². The van der Waals surface area contributed by atoms with Crippen molar-refractivity contribution in [3.05, 3.63) is 112 Å². The molecule has 0 saturated carbocycles. The zero-order valence-electron chi connectivity index (χ0n) is 21.4. The van der Waals surface area contributed by atoms with Crippen molar-refractivity contribution >= 4 is 51.3 Å². The summed E-state index contributed by atoms with van der Waals surface area (Å²) < 4.78 is 15.7. The van der Waals surface area contributed by atoms with Gasteiger partial charge in [-0.3, -0.25) is 14.5 Å². The molecule has 1 fully saturated rings. The van der Waals surface area contributed by atoms with Crippen molar-refractivity contribution in [3.63, 3.8) is 0 Å². The molecule has 0 bridgehead atoms. The predicted octanol–water partition coefficient (Wildman–Crippen LogP) is 5.86. The number of pyridine rings is 1. The quantitative estimate of drug-likeness (QED) is 0.0896. The smallest absolute Gasteiger partial charge is 0.301 e. The summed E-state index contributed by atoms with van der Waals surface area (Å²) in [5.74, 6) is -1.75. The van der Waals surface area contributed by atoms with Gasteiger partial charge in [0, 0.05) is 11.9 Å². The average molecular weight is 572 g/mol. The van der Waals surface area contributed by atoms with Crippen molar-refractivity contribution in [2.45, 2.75) is 30.0 Å². The molecular weight excluding hydrogens is 549 g/mol. The molecule has 2 aromatic carbocycles. The minimum Gasteiger partial charge on any atom is -0.505 e. The van der Waals surface area contributed by atoms with Crippen molar-refractivity contribution < 1.29 is 19.1 Å². The van der Waals surface area contributed by atoms with Gasteiger partial charge in [0.25, 0.3) is 5.78 Å². The van der Waals surface area contributed by atoms with Crippen molar-refractivity contribution in [2.75, 3.05) is 4.90 Å². The van der Waals surface area contributed by atoms with Gasteiger partial charge in [-0.15, -0.1) is 10.2 Å². The maximum Gasteiger partial charge on any atom is 0.301 e. The van der Waals surface area contributed by atoms with Gasteiger partial charge in [0.15, 0.2) is 10.1 Å². The van der Waals surface area contributed by atoms with E-state index in [2.05, 4.69) is 15.2 Å². The third-order valence-corrected chi connectivity index (χ3v) is 8.87. The Morgan fingerprint density at radius 1 is 1.02 bits per heavy atom. The van der Waals surface area contributed by atoms with E-state index in [0.29, 0.717) is 27.0 Å². The molecule has 200 valence electrons. The lowest BCUT2D eigenvalue weighted by atomic mass is 9.96. The highest BCUT2D eigenvalue weighted by Crippen LogP contribution is 2.44. The van der Waals surface area contributed by atoms with Gasteiger partial charge in [-0.25, -0.2) is 9.37 Å². The summed E-state index contributed by atoms with van der Waals surface area (Å²) in [6, 6.07) is 18.1. The number of ketones is 1. The van der Waals surface area contributed by atoms with Crippen LogP contribution in [0, 0.1) is 19.7 Å². The van der Waals surface area contributed by atoms with E-state index in [9.17, 15) is 19.1 Å². The van der Waals surface area contributed by atoms with Gasteiger partial charge in [0.1, 0.15) is 17.2 Å². The van der Waals surface area contributed by atoms with Crippen LogP contribution < -0.4 is 4.90 Å². The van der Waals surface area contributed by atoms with E-state index in [0.717, 1.165) is 11.1 Å². The molecule has 0 spiro atoms. The lowest BCUT2D eigenvalue weighted by Gasteiger charge is -2.22. The summed E-state index contributed by atoms with van der Waals surface area (Å²) >= 11 is 2.56. The number of hydrogen-bond acceptors (Lipinski definition) is 8. The fourth-order valence-corrected chi connectivity index (χ4v) is 6.56. The van der Waals surface area contributed by atoms with E-state index in [1.807, 2.05) is 35.7 Å². The van der Waals surface area contributed by atoms with Gasteiger partial charge in [-0.2, -0.15) is 0 Å². The fraction of sp³-hybridized carbons (Fsp3) is 0.138. The van der Waals surface area contributed by atoms with Crippen LogP contribution >= 0.6 is 23.1 Å².